The zero-order valence-electron chi connectivity index (χ0n) is 15.4. The highest BCUT2D eigenvalue weighted by Gasteiger charge is 2.36. The molecule has 4 rings (SSSR count). The first-order valence-corrected chi connectivity index (χ1v) is 9.45. The molecule has 1 nitrogen and oxygen atoms in total. The monoisotopic (exact) mass is 320 g/mol. The van der Waals surface area contributed by atoms with Crippen molar-refractivity contribution in [2.24, 2.45) is 5.92 Å². The first kappa shape index (κ1) is 15.7. The van der Waals surface area contributed by atoms with Gasteiger partial charge in [0.25, 0.3) is 0 Å². The summed E-state index contributed by atoms with van der Waals surface area (Å²) in [4.78, 5) is 0. The summed E-state index contributed by atoms with van der Waals surface area (Å²) in [6, 6.07) is 11.6. The highest BCUT2D eigenvalue weighted by molar-refractivity contribution is 5.75. The Morgan fingerprint density at radius 1 is 1.12 bits per heavy atom. The van der Waals surface area contributed by atoms with Gasteiger partial charge in [-0.05, 0) is 89.5 Å². The summed E-state index contributed by atoms with van der Waals surface area (Å²) in [6.45, 7) is 10.2. The molecular formula is C23H28O. The lowest BCUT2D eigenvalue weighted by molar-refractivity contribution is 0.288. The molecule has 1 fully saturated rings. The van der Waals surface area contributed by atoms with E-state index in [1.54, 1.807) is 5.56 Å². The van der Waals surface area contributed by atoms with Crippen molar-refractivity contribution in [2.45, 2.75) is 58.8 Å². The molecule has 0 saturated heterocycles. The van der Waals surface area contributed by atoms with Crippen LogP contribution in [0.2, 0.25) is 0 Å². The zero-order valence-corrected chi connectivity index (χ0v) is 15.4. The molecule has 0 radical (unpaired) electrons. The number of ether oxygens (including phenoxy) is 1. The Labute approximate surface area is 146 Å². The predicted octanol–water partition coefficient (Wildman–Crippen LogP) is 6.23. The molecule has 1 saturated carbocycles. The molecular weight excluding hydrogens is 292 g/mol. The van der Waals surface area contributed by atoms with Gasteiger partial charge in [-0.15, -0.1) is 0 Å². The quantitative estimate of drug-likeness (QED) is 0.651. The minimum absolute atomic E-state index is 0.543. The standard InChI is InChI=1S/C23H28O/c1-14(2)22-15(3)7-9-19(20-12-16(20)4)23(22)18-8-10-21-17(13-18)6-5-11-24-21/h7-10,13-14,16,20H,5-6,11-12H2,1-4H3. The largest absolute Gasteiger partial charge is 0.493 e. The first-order valence-electron chi connectivity index (χ1n) is 9.45. The van der Waals surface area contributed by atoms with Crippen LogP contribution in [0, 0.1) is 12.8 Å². The van der Waals surface area contributed by atoms with E-state index >= 15 is 0 Å². The fraction of sp³-hybridized carbons (Fsp3) is 0.478. The fourth-order valence-corrected chi connectivity index (χ4v) is 4.39. The van der Waals surface area contributed by atoms with Crippen molar-refractivity contribution in [3.8, 4) is 16.9 Å². The van der Waals surface area contributed by atoms with Crippen LogP contribution in [0.3, 0.4) is 0 Å². The van der Waals surface area contributed by atoms with Gasteiger partial charge in [-0.25, -0.2) is 0 Å². The van der Waals surface area contributed by atoms with E-state index < -0.39 is 0 Å². The highest BCUT2D eigenvalue weighted by Crippen LogP contribution is 2.52. The molecule has 0 N–H and O–H groups in total. The molecule has 1 heteroatoms. The molecule has 1 aliphatic heterocycles. The van der Waals surface area contributed by atoms with Crippen LogP contribution in [-0.2, 0) is 6.42 Å². The van der Waals surface area contributed by atoms with E-state index in [2.05, 4.69) is 58.0 Å². The Bertz CT molecular complexity index is 772. The number of hydrogen-bond acceptors (Lipinski definition) is 1. The van der Waals surface area contributed by atoms with Crippen LogP contribution in [-0.4, -0.2) is 6.61 Å². The van der Waals surface area contributed by atoms with Crippen molar-refractivity contribution < 1.29 is 4.74 Å². The van der Waals surface area contributed by atoms with Crippen molar-refractivity contribution >= 4 is 0 Å². The molecule has 126 valence electrons. The van der Waals surface area contributed by atoms with E-state index in [1.807, 2.05) is 0 Å². The molecule has 1 heterocycles. The summed E-state index contributed by atoms with van der Waals surface area (Å²) in [6.07, 6.45) is 3.61. The average Bonchev–Trinajstić information content (AvgIpc) is 3.30. The maximum atomic E-state index is 5.82. The van der Waals surface area contributed by atoms with Crippen LogP contribution < -0.4 is 4.74 Å². The highest BCUT2D eigenvalue weighted by atomic mass is 16.5. The minimum atomic E-state index is 0.543. The molecule has 2 atom stereocenters. The van der Waals surface area contributed by atoms with Gasteiger partial charge in [0.15, 0.2) is 0 Å². The SMILES string of the molecule is Cc1ccc(C2CC2C)c(-c2ccc3c(c2)CCCO3)c1C(C)C. The summed E-state index contributed by atoms with van der Waals surface area (Å²) in [5, 5.41) is 0. The van der Waals surface area contributed by atoms with Crippen molar-refractivity contribution in [3.63, 3.8) is 0 Å². The van der Waals surface area contributed by atoms with Gasteiger partial charge in [-0.1, -0.05) is 39.0 Å². The third-order valence-corrected chi connectivity index (χ3v) is 5.78. The predicted molar refractivity (Wildman–Crippen MR) is 101 cm³/mol. The Kier molecular flexibility index (Phi) is 3.90. The number of hydrogen-bond donors (Lipinski definition) is 0. The van der Waals surface area contributed by atoms with E-state index in [0.29, 0.717) is 5.92 Å². The molecule has 0 amide bonds. The summed E-state index contributed by atoms with van der Waals surface area (Å²) in [7, 11) is 0. The molecule has 24 heavy (non-hydrogen) atoms. The van der Waals surface area contributed by atoms with Crippen LogP contribution >= 0.6 is 0 Å². The van der Waals surface area contributed by atoms with Gasteiger partial charge in [0, 0.05) is 0 Å². The third kappa shape index (κ3) is 2.64. The lowest BCUT2D eigenvalue weighted by Crippen LogP contribution is -2.08. The van der Waals surface area contributed by atoms with E-state index in [-0.39, 0.29) is 0 Å². The number of fused-ring (bicyclic) bond motifs is 1. The maximum absolute atomic E-state index is 5.82. The molecule has 0 aromatic heterocycles. The second-order valence-corrected chi connectivity index (χ2v) is 8.01. The molecule has 2 aromatic carbocycles. The van der Waals surface area contributed by atoms with Crippen molar-refractivity contribution in [2.75, 3.05) is 6.61 Å². The van der Waals surface area contributed by atoms with E-state index in [9.17, 15) is 0 Å². The van der Waals surface area contributed by atoms with Gasteiger partial charge in [-0.2, -0.15) is 0 Å². The van der Waals surface area contributed by atoms with Gasteiger partial charge in [0.2, 0.25) is 0 Å². The Balaban J connectivity index is 1.91. The molecule has 0 bridgehead atoms. The lowest BCUT2D eigenvalue weighted by atomic mass is 9.83. The Hall–Kier alpha value is -1.76. The molecule has 2 aromatic rings. The molecule has 2 unspecified atom stereocenters. The molecule has 2 aliphatic rings. The number of benzene rings is 2. The summed E-state index contributed by atoms with van der Waals surface area (Å²) < 4.78 is 5.82. The van der Waals surface area contributed by atoms with Crippen LogP contribution in [0.4, 0.5) is 0 Å². The molecule has 0 spiro atoms. The van der Waals surface area contributed by atoms with Gasteiger partial charge in [0.1, 0.15) is 5.75 Å². The van der Waals surface area contributed by atoms with Crippen LogP contribution in [0.5, 0.6) is 5.75 Å². The maximum Gasteiger partial charge on any atom is 0.122 e. The Morgan fingerprint density at radius 3 is 2.62 bits per heavy atom. The van der Waals surface area contributed by atoms with Crippen LogP contribution in [0.15, 0.2) is 30.3 Å². The van der Waals surface area contributed by atoms with Gasteiger partial charge < -0.3 is 4.74 Å². The van der Waals surface area contributed by atoms with Gasteiger partial charge in [0.05, 0.1) is 6.61 Å². The molecule has 1 aliphatic carbocycles. The van der Waals surface area contributed by atoms with Crippen LogP contribution in [0.1, 0.15) is 67.7 Å². The van der Waals surface area contributed by atoms with Crippen molar-refractivity contribution in [1.29, 1.82) is 0 Å². The summed E-state index contributed by atoms with van der Waals surface area (Å²) in [5.41, 5.74) is 8.79. The third-order valence-electron chi connectivity index (χ3n) is 5.78. The zero-order chi connectivity index (χ0) is 16.8. The van der Waals surface area contributed by atoms with Crippen molar-refractivity contribution in [3.05, 3.63) is 52.6 Å². The Morgan fingerprint density at radius 2 is 1.92 bits per heavy atom. The lowest BCUT2D eigenvalue weighted by Gasteiger charge is -2.23. The van der Waals surface area contributed by atoms with Gasteiger partial charge >= 0.3 is 0 Å². The first-order chi connectivity index (χ1) is 11.6. The fourth-order valence-electron chi connectivity index (χ4n) is 4.39. The summed E-state index contributed by atoms with van der Waals surface area (Å²) in [5.74, 6) is 3.20. The van der Waals surface area contributed by atoms with Gasteiger partial charge in [-0.3, -0.25) is 0 Å². The van der Waals surface area contributed by atoms with Crippen molar-refractivity contribution in [1.82, 2.24) is 0 Å². The number of rotatable bonds is 3. The van der Waals surface area contributed by atoms with Crippen LogP contribution in [0.25, 0.3) is 11.1 Å². The average molecular weight is 320 g/mol. The number of aryl methyl sites for hydroxylation is 2. The summed E-state index contributed by atoms with van der Waals surface area (Å²) >= 11 is 0. The topological polar surface area (TPSA) is 9.23 Å². The second kappa shape index (κ2) is 5.95. The smallest absolute Gasteiger partial charge is 0.122 e. The minimum Gasteiger partial charge on any atom is -0.493 e. The van der Waals surface area contributed by atoms with E-state index in [1.165, 1.54) is 34.2 Å². The second-order valence-electron chi connectivity index (χ2n) is 8.01. The normalized spacial score (nSPS) is 22.2. The van der Waals surface area contributed by atoms with E-state index in [0.717, 1.165) is 37.0 Å². The van der Waals surface area contributed by atoms with E-state index in [4.69, 9.17) is 4.74 Å².